The lowest BCUT2D eigenvalue weighted by molar-refractivity contribution is -0.296. The van der Waals surface area contributed by atoms with Crippen LogP contribution in [0.15, 0.2) is 30.5 Å². The van der Waals surface area contributed by atoms with Crippen molar-refractivity contribution in [3.05, 3.63) is 47.8 Å². The van der Waals surface area contributed by atoms with Crippen LogP contribution in [0, 0.1) is 11.6 Å². The van der Waals surface area contributed by atoms with E-state index < -0.39 is 29.5 Å². The Hall–Kier alpha value is -3.38. The minimum Gasteiger partial charge on any atom is -0.402 e. The maximum Gasteiger partial charge on any atom is 0.358 e. The summed E-state index contributed by atoms with van der Waals surface area (Å²) < 4.78 is 44.5. The zero-order chi connectivity index (χ0) is 23.6. The van der Waals surface area contributed by atoms with Crippen LogP contribution in [0.2, 0.25) is 0 Å². The van der Waals surface area contributed by atoms with E-state index in [1.165, 1.54) is 22.6 Å². The molecule has 2 aliphatic rings. The minimum atomic E-state index is -1.83. The van der Waals surface area contributed by atoms with Gasteiger partial charge in [-0.1, -0.05) is 0 Å². The fourth-order valence-corrected chi connectivity index (χ4v) is 3.71. The van der Waals surface area contributed by atoms with Crippen LogP contribution in [-0.4, -0.2) is 69.7 Å². The predicted octanol–water partition coefficient (Wildman–Crippen LogP) is 1.32. The molecule has 10 nitrogen and oxygen atoms in total. The molecule has 12 heteroatoms. The molecule has 33 heavy (non-hydrogen) atoms. The van der Waals surface area contributed by atoms with E-state index in [1.54, 1.807) is 17.2 Å². The molecule has 2 aliphatic heterocycles. The van der Waals surface area contributed by atoms with Gasteiger partial charge in [0, 0.05) is 32.3 Å². The molecule has 0 unspecified atom stereocenters. The largest absolute Gasteiger partial charge is 0.402 e. The first kappa shape index (κ1) is 22.8. The number of piperazine rings is 1. The summed E-state index contributed by atoms with van der Waals surface area (Å²) >= 11 is 0. The van der Waals surface area contributed by atoms with Crippen molar-refractivity contribution in [3.8, 4) is 5.69 Å². The number of carbonyl (C=O) groups is 3. The molecule has 1 spiro atoms. The van der Waals surface area contributed by atoms with Crippen molar-refractivity contribution in [3.63, 3.8) is 0 Å². The molecule has 0 atom stereocenters. The summed E-state index contributed by atoms with van der Waals surface area (Å²) in [5, 5.41) is 4.28. The van der Waals surface area contributed by atoms with Crippen molar-refractivity contribution in [1.29, 1.82) is 0 Å². The van der Waals surface area contributed by atoms with Crippen LogP contribution in [0.5, 0.6) is 0 Å². The maximum atomic E-state index is 13.4. The number of aromatic nitrogens is 2. The number of benzene rings is 1. The Morgan fingerprint density at radius 3 is 2.52 bits per heavy atom. The summed E-state index contributed by atoms with van der Waals surface area (Å²) in [4.78, 5) is 39.2. The van der Waals surface area contributed by atoms with Gasteiger partial charge in [0.15, 0.2) is 11.6 Å². The van der Waals surface area contributed by atoms with Gasteiger partial charge in [-0.3, -0.25) is 24.2 Å². The average Bonchev–Trinajstić information content (AvgIpc) is 3.17. The standard InChI is InChI=1S/C21H22F2N4O6/c1-14(28)26-9-8-25(12-21(26)32-19(29)4-5-20(30)33-21)13-31-11-15-6-7-27(24-15)16-2-3-17(22)18(23)10-16/h2-3,6-7,10H,4-5,8-9,11-13H2,1H3. The fourth-order valence-electron chi connectivity index (χ4n) is 3.71. The minimum absolute atomic E-state index is 0.0621. The smallest absolute Gasteiger partial charge is 0.358 e. The van der Waals surface area contributed by atoms with Crippen molar-refractivity contribution in [2.24, 2.45) is 0 Å². The van der Waals surface area contributed by atoms with Gasteiger partial charge < -0.3 is 14.2 Å². The third-order valence-electron chi connectivity index (χ3n) is 5.27. The van der Waals surface area contributed by atoms with Gasteiger partial charge in [-0.2, -0.15) is 5.10 Å². The number of halogens is 2. The van der Waals surface area contributed by atoms with Crippen LogP contribution in [0.4, 0.5) is 8.78 Å². The van der Waals surface area contributed by atoms with Crippen molar-refractivity contribution in [1.82, 2.24) is 19.6 Å². The first-order valence-electron chi connectivity index (χ1n) is 10.3. The zero-order valence-corrected chi connectivity index (χ0v) is 17.8. The van der Waals surface area contributed by atoms with E-state index in [9.17, 15) is 23.2 Å². The lowest BCUT2D eigenvalue weighted by atomic mass is 10.2. The van der Waals surface area contributed by atoms with E-state index in [2.05, 4.69) is 5.10 Å². The molecular formula is C21H22F2N4O6. The molecule has 2 saturated heterocycles. The highest BCUT2D eigenvalue weighted by Gasteiger charge is 2.51. The third kappa shape index (κ3) is 5.01. The highest BCUT2D eigenvalue weighted by Crippen LogP contribution is 2.29. The van der Waals surface area contributed by atoms with Crippen LogP contribution in [0.25, 0.3) is 5.69 Å². The molecule has 0 bridgehead atoms. The molecule has 2 aromatic rings. The van der Waals surface area contributed by atoms with Crippen LogP contribution in [0.3, 0.4) is 0 Å². The zero-order valence-electron chi connectivity index (χ0n) is 17.8. The molecule has 2 fully saturated rings. The molecular weight excluding hydrogens is 442 g/mol. The van der Waals surface area contributed by atoms with Crippen molar-refractivity contribution in [2.75, 3.05) is 26.4 Å². The van der Waals surface area contributed by atoms with Crippen molar-refractivity contribution < 1.29 is 37.4 Å². The average molecular weight is 464 g/mol. The van der Waals surface area contributed by atoms with Crippen LogP contribution in [-0.2, 0) is 35.2 Å². The number of ether oxygens (including phenoxy) is 3. The van der Waals surface area contributed by atoms with Gasteiger partial charge in [0.2, 0.25) is 5.91 Å². The quantitative estimate of drug-likeness (QED) is 0.611. The predicted molar refractivity (Wildman–Crippen MR) is 106 cm³/mol. The Morgan fingerprint density at radius 1 is 1.12 bits per heavy atom. The highest BCUT2D eigenvalue weighted by molar-refractivity contribution is 5.81. The monoisotopic (exact) mass is 464 g/mol. The Morgan fingerprint density at radius 2 is 1.85 bits per heavy atom. The van der Waals surface area contributed by atoms with Crippen molar-refractivity contribution in [2.45, 2.75) is 32.3 Å². The van der Waals surface area contributed by atoms with E-state index in [4.69, 9.17) is 14.2 Å². The van der Waals surface area contributed by atoms with Gasteiger partial charge in [0.1, 0.15) is 6.54 Å². The topological polar surface area (TPSA) is 103 Å². The van der Waals surface area contributed by atoms with Gasteiger partial charge in [-0.25, -0.2) is 13.5 Å². The summed E-state index contributed by atoms with van der Waals surface area (Å²) in [5.74, 6) is -5.38. The third-order valence-corrected chi connectivity index (χ3v) is 5.27. The van der Waals surface area contributed by atoms with E-state index >= 15 is 0 Å². The number of carbonyl (C=O) groups excluding carboxylic acids is 3. The second kappa shape index (κ2) is 9.24. The Bertz CT molecular complexity index is 1060. The number of nitrogens with zero attached hydrogens (tertiary/aromatic N) is 4. The number of amides is 1. The Balaban J connectivity index is 1.38. The summed E-state index contributed by atoms with van der Waals surface area (Å²) in [5.41, 5.74) is 0.906. The van der Waals surface area contributed by atoms with Gasteiger partial charge in [0.05, 0.1) is 37.6 Å². The second-order valence-electron chi connectivity index (χ2n) is 7.71. The molecule has 0 N–H and O–H groups in total. The van der Waals surface area contributed by atoms with E-state index in [1.807, 2.05) is 0 Å². The van der Waals surface area contributed by atoms with Gasteiger partial charge in [0.25, 0.3) is 0 Å². The molecule has 0 saturated carbocycles. The van der Waals surface area contributed by atoms with Crippen molar-refractivity contribution >= 4 is 17.8 Å². The number of esters is 2. The maximum absolute atomic E-state index is 13.4. The molecule has 4 rings (SSSR count). The van der Waals surface area contributed by atoms with E-state index in [0.29, 0.717) is 17.9 Å². The molecule has 0 radical (unpaired) electrons. The summed E-state index contributed by atoms with van der Waals surface area (Å²) in [6.45, 7) is 2.01. The molecule has 0 aliphatic carbocycles. The normalized spacial score (nSPS) is 18.7. The molecule has 1 amide bonds. The molecule has 1 aromatic heterocycles. The van der Waals surface area contributed by atoms with Crippen LogP contribution < -0.4 is 0 Å². The fraction of sp³-hybridized carbons (Fsp3) is 0.429. The van der Waals surface area contributed by atoms with Crippen LogP contribution >= 0.6 is 0 Å². The summed E-state index contributed by atoms with van der Waals surface area (Å²) in [7, 11) is 0. The highest BCUT2D eigenvalue weighted by atomic mass is 19.2. The van der Waals surface area contributed by atoms with E-state index in [0.717, 1.165) is 12.1 Å². The summed E-state index contributed by atoms with van der Waals surface area (Å²) in [6.07, 6.45) is 1.35. The lowest BCUT2D eigenvalue weighted by Crippen LogP contribution is -2.67. The SMILES string of the molecule is CC(=O)N1CCN(COCc2ccn(-c3ccc(F)c(F)c3)n2)CC12OC(=O)CCC(=O)O2. The Kier molecular flexibility index (Phi) is 6.38. The number of hydrogen-bond donors (Lipinski definition) is 0. The molecule has 1 aromatic carbocycles. The number of hydrogen-bond acceptors (Lipinski definition) is 8. The van der Waals surface area contributed by atoms with E-state index in [-0.39, 0.29) is 45.2 Å². The molecule has 3 heterocycles. The summed E-state index contributed by atoms with van der Waals surface area (Å²) in [6, 6.07) is 5.13. The lowest BCUT2D eigenvalue weighted by Gasteiger charge is -2.46. The van der Waals surface area contributed by atoms with Crippen LogP contribution in [0.1, 0.15) is 25.5 Å². The van der Waals surface area contributed by atoms with Gasteiger partial charge >= 0.3 is 17.8 Å². The molecule has 176 valence electrons. The second-order valence-corrected chi connectivity index (χ2v) is 7.71. The Labute approximate surface area is 187 Å². The van der Waals surface area contributed by atoms with Gasteiger partial charge in [-0.15, -0.1) is 0 Å². The first-order chi connectivity index (χ1) is 15.8. The first-order valence-corrected chi connectivity index (χ1v) is 10.3. The van der Waals surface area contributed by atoms with Gasteiger partial charge in [-0.05, 0) is 18.2 Å². The number of rotatable bonds is 5.